The third-order valence-corrected chi connectivity index (χ3v) is 3.74. The quantitative estimate of drug-likeness (QED) is 0.912. The average Bonchev–Trinajstić information content (AvgIpc) is 2.53. The molecule has 1 aromatic carbocycles. The number of amides is 2. The molecule has 2 amide bonds. The highest BCUT2D eigenvalue weighted by Gasteiger charge is 2.40. The van der Waals surface area contributed by atoms with E-state index in [0.29, 0.717) is 18.7 Å². The fourth-order valence-corrected chi connectivity index (χ4v) is 2.58. The summed E-state index contributed by atoms with van der Waals surface area (Å²) in [5.74, 6) is 0.393. The van der Waals surface area contributed by atoms with Crippen molar-refractivity contribution in [2.45, 2.75) is 32.5 Å². The van der Waals surface area contributed by atoms with Crippen molar-refractivity contribution in [1.82, 2.24) is 10.2 Å². The van der Waals surface area contributed by atoms with Gasteiger partial charge in [0.2, 0.25) is 0 Å². The number of morpholine rings is 1. The summed E-state index contributed by atoms with van der Waals surface area (Å²) in [4.78, 5) is 26.2. The van der Waals surface area contributed by atoms with Crippen molar-refractivity contribution in [3.05, 3.63) is 29.8 Å². The second-order valence-electron chi connectivity index (χ2n) is 6.08. The molecule has 6 heteroatoms. The number of hydrogen-bond acceptors (Lipinski definition) is 4. The Morgan fingerprint density at radius 2 is 1.96 bits per heavy atom. The van der Waals surface area contributed by atoms with Crippen molar-refractivity contribution in [3.8, 4) is 5.75 Å². The van der Waals surface area contributed by atoms with Gasteiger partial charge in [-0.15, -0.1) is 0 Å². The standard InChI is InChI=1S/C17H24N2O4/c1-12(2)23-14-7-5-13(6-8-14)15(20)19-9-10-22-17(3,11-19)16(21)18-4/h5-8,12H,9-11H2,1-4H3,(H,18,21). The van der Waals surface area contributed by atoms with Gasteiger partial charge in [-0.05, 0) is 45.0 Å². The molecule has 23 heavy (non-hydrogen) atoms. The summed E-state index contributed by atoms with van der Waals surface area (Å²) in [7, 11) is 1.56. The molecule has 1 aliphatic rings. The van der Waals surface area contributed by atoms with Crippen LogP contribution in [0.2, 0.25) is 0 Å². The maximum atomic E-state index is 12.6. The molecule has 1 atom stereocenters. The van der Waals surface area contributed by atoms with Crippen LogP contribution in [-0.4, -0.2) is 55.2 Å². The van der Waals surface area contributed by atoms with Gasteiger partial charge in [0.1, 0.15) is 5.75 Å². The maximum absolute atomic E-state index is 12.6. The van der Waals surface area contributed by atoms with Crippen molar-refractivity contribution in [3.63, 3.8) is 0 Å². The van der Waals surface area contributed by atoms with Gasteiger partial charge >= 0.3 is 0 Å². The number of likely N-dealkylation sites (N-methyl/N-ethyl adjacent to an activating group) is 1. The minimum absolute atomic E-state index is 0.0871. The van der Waals surface area contributed by atoms with Crippen molar-refractivity contribution in [2.75, 3.05) is 26.7 Å². The molecule has 2 rings (SSSR count). The van der Waals surface area contributed by atoms with Crippen LogP contribution in [0.25, 0.3) is 0 Å². The summed E-state index contributed by atoms with van der Waals surface area (Å²) in [5.41, 5.74) is -0.439. The van der Waals surface area contributed by atoms with Crippen molar-refractivity contribution in [2.24, 2.45) is 0 Å². The molecule has 1 aromatic rings. The van der Waals surface area contributed by atoms with Gasteiger partial charge in [-0.2, -0.15) is 0 Å². The van der Waals surface area contributed by atoms with Gasteiger partial charge in [0.25, 0.3) is 11.8 Å². The number of ether oxygens (including phenoxy) is 2. The minimum atomic E-state index is -1.01. The zero-order valence-corrected chi connectivity index (χ0v) is 14.1. The van der Waals surface area contributed by atoms with E-state index in [1.807, 2.05) is 13.8 Å². The molecule has 126 valence electrons. The normalized spacial score (nSPS) is 21.2. The molecule has 1 heterocycles. The van der Waals surface area contributed by atoms with Crippen molar-refractivity contribution >= 4 is 11.8 Å². The third-order valence-electron chi connectivity index (χ3n) is 3.74. The maximum Gasteiger partial charge on any atom is 0.254 e. The topological polar surface area (TPSA) is 67.9 Å². The van der Waals surface area contributed by atoms with E-state index < -0.39 is 5.60 Å². The molecule has 1 unspecified atom stereocenters. The van der Waals surface area contributed by atoms with E-state index in [4.69, 9.17) is 9.47 Å². The zero-order chi connectivity index (χ0) is 17.0. The molecule has 0 bridgehead atoms. The molecule has 1 fully saturated rings. The lowest BCUT2D eigenvalue weighted by molar-refractivity contribution is -0.153. The Bertz CT molecular complexity index is 570. The van der Waals surface area contributed by atoms with E-state index >= 15 is 0 Å². The summed E-state index contributed by atoms with van der Waals surface area (Å²) in [6.45, 7) is 6.64. The predicted molar refractivity (Wildman–Crippen MR) is 86.5 cm³/mol. The number of nitrogens with one attached hydrogen (secondary N) is 1. The number of carbonyl (C=O) groups is 2. The van der Waals surface area contributed by atoms with E-state index in [1.54, 1.807) is 43.1 Å². The van der Waals surface area contributed by atoms with Gasteiger partial charge < -0.3 is 19.7 Å². The highest BCUT2D eigenvalue weighted by molar-refractivity contribution is 5.95. The molecule has 0 spiro atoms. The van der Waals surface area contributed by atoms with Crippen LogP contribution in [0.3, 0.4) is 0 Å². The van der Waals surface area contributed by atoms with Gasteiger partial charge in [0.05, 0.1) is 19.3 Å². The second-order valence-corrected chi connectivity index (χ2v) is 6.08. The summed E-state index contributed by atoms with van der Waals surface area (Å²) in [5, 5.41) is 2.58. The van der Waals surface area contributed by atoms with Gasteiger partial charge in [-0.1, -0.05) is 0 Å². The first kappa shape index (κ1) is 17.3. The van der Waals surface area contributed by atoms with Crippen LogP contribution in [0.4, 0.5) is 0 Å². The second kappa shape index (κ2) is 7.00. The van der Waals surface area contributed by atoms with Crippen LogP contribution in [0, 0.1) is 0 Å². The molecule has 6 nitrogen and oxygen atoms in total. The first-order valence-corrected chi connectivity index (χ1v) is 7.78. The first-order chi connectivity index (χ1) is 10.9. The Labute approximate surface area is 136 Å². The Hall–Kier alpha value is -2.08. The molecule has 1 saturated heterocycles. The van der Waals surface area contributed by atoms with E-state index in [9.17, 15) is 9.59 Å². The van der Waals surface area contributed by atoms with E-state index in [0.717, 1.165) is 5.75 Å². The Morgan fingerprint density at radius 1 is 1.30 bits per heavy atom. The monoisotopic (exact) mass is 320 g/mol. The number of benzene rings is 1. The van der Waals surface area contributed by atoms with E-state index in [-0.39, 0.29) is 24.5 Å². The molecule has 0 radical (unpaired) electrons. The Morgan fingerprint density at radius 3 is 2.52 bits per heavy atom. The number of nitrogens with zero attached hydrogens (tertiary/aromatic N) is 1. The van der Waals surface area contributed by atoms with Crippen LogP contribution in [-0.2, 0) is 9.53 Å². The molecule has 1 aliphatic heterocycles. The van der Waals surface area contributed by atoms with E-state index in [1.165, 1.54) is 0 Å². The van der Waals surface area contributed by atoms with Gasteiger partial charge in [-0.25, -0.2) is 0 Å². The van der Waals surface area contributed by atoms with E-state index in [2.05, 4.69) is 5.32 Å². The Balaban J connectivity index is 2.09. The van der Waals surface area contributed by atoms with Crippen molar-refractivity contribution in [1.29, 1.82) is 0 Å². The average molecular weight is 320 g/mol. The van der Waals surface area contributed by atoms with Crippen LogP contribution < -0.4 is 10.1 Å². The summed E-state index contributed by atoms with van der Waals surface area (Å²) in [6.07, 6.45) is 0.0871. The molecule has 1 N–H and O–H groups in total. The number of rotatable bonds is 4. The number of carbonyl (C=O) groups excluding carboxylic acids is 2. The first-order valence-electron chi connectivity index (χ1n) is 7.78. The van der Waals surface area contributed by atoms with Crippen LogP contribution >= 0.6 is 0 Å². The lowest BCUT2D eigenvalue weighted by Gasteiger charge is -2.39. The van der Waals surface area contributed by atoms with Crippen molar-refractivity contribution < 1.29 is 19.1 Å². The third kappa shape index (κ3) is 4.01. The summed E-state index contributed by atoms with van der Waals surface area (Å²) in [6, 6.07) is 7.05. The largest absolute Gasteiger partial charge is 0.491 e. The van der Waals surface area contributed by atoms with Gasteiger partial charge in [0, 0.05) is 19.2 Å². The molecule has 0 saturated carbocycles. The summed E-state index contributed by atoms with van der Waals surface area (Å²) < 4.78 is 11.1. The fraction of sp³-hybridized carbons (Fsp3) is 0.529. The fourth-order valence-electron chi connectivity index (χ4n) is 2.58. The smallest absolute Gasteiger partial charge is 0.254 e. The highest BCUT2D eigenvalue weighted by atomic mass is 16.5. The highest BCUT2D eigenvalue weighted by Crippen LogP contribution is 2.21. The predicted octanol–water partition coefficient (Wildman–Crippen LogP) is 1.45. The Kier molecular flexibility index (Phi) is 5.26. The summed E-state index contributed by atoms with van der Waals surface area (Å²) >= 11 is 0. The van der Waals surface area contributed by atoms with Gasteiger partial charge in [0.15, 0.2) is 5.60 Å². The van der Waals surface area contributed by atoms with Crippen LogP contribution in [0.1, 0.15) is 31.1 Å². The van der Waals surface area contributed by atoms with Crippen LogP contribution in [0.15, 0.2) is 24.3 Å². The SMILES string of the molecule is CNC(=O)C1(C)CN(C(=O)c2ccc(OC(C)C)cc2)CCO1. The molecule has 0 aliphatic carbocycles. The zero-order valence-electron chi connectivity index (χ0n) is 14.1. The van der Waals surface area contributed by atoms with Gasteiger partial charge in [-0.3, -0.25) is 9.59 Å². The minimum Gasteiger partial charge on any atom is -0.491 e. The van der Waals surface area contributed by atoms with Crippen LogP contribution in [0.5, 0.6) is 5.75 Å². The molecular weight excluding hydrogens is 296 g/mol. The molecular formula is C17H24N2O4. The molecule has 0 aromatic heterocycles. The number of hydrogen-bond donors (Lipinski definition) is 1. The lowest BCUT2D eigenvalue weighted by Crippen LogP contribution is -2.58. The lowest BCUT2D eigenvalue weighted by atomic mass is 10.0.